The molecule has 6 heteroatoms. The Hall–Kier alpha value is 1.51. The topological polar surface area (TPSA) is 77.4 Å². The molecular weight excluding hydrogens is 411 g/mol. The van der Waals surface area contributed by atoms with Crippen LogP contribution in [0.15, 0.2) is 0 Å². The monoisotopic (exact) mass is 458 g/mol. The van der Waals surface area contributed by atoms with Crippen molar-refractivity contribution in [3.05, 3.63) is 0 Å². The Balaban J connectivity index is 0. The van der Waals surface area contributed by atoms with Crippen molar-refractivity contribution in [2.45, 2.75) is 147 Å². The van der Waals surface area contributed by atoms with Gasteiger partial charge in [0.05, 0.1) is 16.2 Å². The van der Waals surface area contributed by atoms with Gasteiger partial charge in [0.15, 0.2) is 0 Å². The normalized spacial score (nSPS) is 13.8. The van der Waals surface area contributed by atoms with E-state index >= 15 is 0 Å². The van der Waals surface area contributed by atoms with Gasteiger partial charge in [0.25, 0.3) is 0 Å². The van der Waals surface area contributed by atoms with Gasteiger partial charge in [0, 0.05) is 5.25 Å². The molecule has 0 radical (unpaired) electrons. The number of hydrogen-bond donors (Lipinski definition) is 1. The molecule has 4 nitrogen and oxygen atoms in total. The van der Waals surface area contributed by atoms with Crippen LogP contribution in [0.2, 0.25) is 0 Å². The van der Waals surface area contributed by atoms with Crippen molar-refractivity contribution in [3.63, 3.8) is 0 Å². The first kappa shape index (κ1) is 32.7. The fourth-order valence-corrected chi connectivity index (χ4v) is 4.73. The fourth-order valence-electron chi connectivity index (χ4n) is 3.82. The molecule has 0 aliphatic carbocycles. The van der Waals surface area contributed by atoms with E-state index in [9.17, 15) is 18.1 Å². The Morgan fingerprint density at radius 1 is 0.621 bits per heavy atom. The summed E-state index contributed by atoms with van der Waals surface area (Å²) in [6.45, 7) is 4.30. The number of hydrogen-bond acceptors (Lipinski definition) is 4. The molecule has 170 valence electrons. The molecule has 0 rings (SSSR count). The Bertz CT molecular complexity index is 429. The molecule has 2 unspecified atom stereocenters. The molecule has 0 spiro atoms. The van der Waals surface area contributed by atoms with Crippen LogP contribution in [0.5, 0.6) is 0 Å². The van der Waals surface area contributed by atoms with E-state index in [2.05, 4.69) is 13.8 Å². The summed E-state index contributed by atoms with van der Waals surface area (Å²) in [5.74, 6) is 0. The molecule has 0 aliphatic rings. The quantitative estimate of drug-likeness (QED) is 0.162. The molecule has 0 heterocycles. The van der Waals surface area contributed by atoms with Crippen LogP contribution >= 0.6 is 0 Å². The molecular formula is C23H47KO4S. The van der Waals surface area contributed by atoms with Gasteiger partial charge in [0.1, 0.15) is 0 Å². The molecule has 0 aromatic carbocycles. The van der Waals surface area contributed by atoms with Crippen molar-refractivity contribution < 1.29 is 69.5 Å². The van der Waals surface area contributed by atoms with E-state index in [1.807, 2.05) is 0 Å². The summed E-state index contributed by atoms with van der Waals surface area (Å²) in [6.07, 6.45) is 19.5. The van der Waals surface area contributed by atoms with Crippen LogP contribution in [0.25, 0.3) is 0 Å². The SMILES string of the molecule is CCCCCCCC(O)CCCCCCCCCC(CCCCC)S(=O)(=O)[O-].[K+]. The summed E-state index contributed by atoms with van der Waals surface area (Å²) in [7, 11) is -4.14. The average Bonchev–Trinajstić information content (AvgIpc) is 2.64. The zero-order valence-electron chi connectivity index (χ0n) is 19.7. The minimum Gasteiger partial charge on any atom is -0.748 e. The van der Waals surface area contributed by atoms with E-state index in [0.29, 0.717) is 12.8 Å². The first-order chi connectivity index (χ1) is 13.4. The Kier molecular flexibility index (Phi) is 25.6. The second-order valence-electron chi connectivity index (χ2n) is 8.52. The summed E-state index contributed by atoms with van der Waals surface area (Å²) in [5, 5.41) is 9.32. The predicted molar refractivity (Wildman–Crippen MR) is 119 cm³/mol. The maximum Gasteiger partial charge on any atom is 1.00 e. The zero-order valence-corrected chi connectivity index (χ0v) is 23.6. The molecule has 29 heavy (non-hydrogen) atoms. The summed E-state index contributed by atoms with van der Waals surface area (Å²) < 4.78 is 34.1. The molecule has 0 aliphatic heterocycles. The molecule has 0 bridgehead atoms. The third-order valence-electron chi connectivity index (χ3n) is 5.74. The van der Waals surface area contributed by atoms with Gasteiger partial charge in [-0.05, 0) is 25.7 Å². The van der Waals surface area contributed by atoms with Crippen molar-refractivity contribution in [3.8, 4) is 0 Å². The van der Waals surface area contributed by atoms with E-state index < -0.39 is 15.4 Å². The standard InChI is InChI=1S/C23H48O4S.K/c1-3-5-7-11-15-18-22(24)19-16-12-9-8-10-13-17-21-23(28(25,26)27)20-14-6-4-2;/h22-24H,3-21H2,1-2H3,(H,25,26,27);/q;+1/p-1. The van der Waals surface area contributed by atoms with E-state index in [1.54, 1.807) is 0 Å². The summed E-state index contributed by atoms with van der Waals surface area (Å²) in [6, 6.07) is 0. The van der Waals surface area contributed by atoms with Crippen LogP contribution in [-0.4, -0.2) is 29.4 Å². The van der Waals surface area contributed by atoms with Crippen LogP contribution in [0.1, 0.15) is 136 Å². The summed E-state index contributed by atoms with van der Waals surface area (Å²) >= 11 is 0. The Morgan fingerprint density at radius 2 is 0.931 bits per heavy atom. The van der Waals surface area contributed by atoms with Gasteiger partial charge >= 0.3 is 51.4 Å². The van der Waals surface area contributed by atoms with Gasteiger partial charge in [-0.2, -0.15) is 0 Å². The second-order valence-corrected chi connectivity index (χ2v) is 10.2. The van der Waals surface area contributed by atoms with Crippen LogP contribution in [-0.2, 0) is 10.1 Å². The number of unbranched alkanes of at least 4 members (excludes halogenated alkanes) is 12. The van der Waals surface area contributed by atoms with Gasteiger partial charge in [-0.15, -0.1) is 0 Å². The smallest absolute Gasteiger partial charge is 0.748 e. The fraction of sp³-hybridized carbons (Fsp3) is 1.00. The molecule has 1 N–H and O–H groups in total. The number of aliphatic hydroxyl groups excluding tert-OH is 1. The minimum absolute atomic E-state index is 0. The van der Waals surface area contributed by atoms with Gasteiger partial charge < -0.3 is 9.66 Å². The van der Waals surface area contributed by atoms with Gasteiger partial charge in [0.2, 0.25) is 0 Å². The zero-order chi connectivity index (χ0) is 21.1. The van der Waals surface area contributed by atoms with Crippen molar-refractivity contribution in [1.82, 2.24) is 0 Å². The minimum atomic E-state index is -4.14. The van der Waals surface area contributed by atoms with Crippen molar-refractivity contribution in [2.75, 3.05) is 0 Å². The Morgan fingerprint density at radius 3 is 1.34 bits per heavy atom. The van der Waals surface area contributed by atoms with Crippen molar-refractivity contribution >= 4 is 10.1 Å². The largest absolute Gasteiger partial charge is 1.00 e. The van der Waals surface area contributed by atoms with E-state index in [1.165, 1.54) is 38.5 Å². The Labute approximate surface area is 224 Å². The summed E-state index contributed by atoms with van der Waals surface area (Å²) in [4.78, 5) is 0. The molecule has 0 saturated carbocycles. The first-order valence-corrected chi connectivity index (χ1v) is 13.5. The van der Waals surface area contributed by atoms with Gasteiger partial charge in [-0.3, -0.25) is 0 Å². The van der Waals surface area contributed by atoms with Crippen LogP contribution in [0.4, 0.5) is 0 Å². The maximum absolute atomic E-state index is 11.4. The second kappa shape index (κ2) is 22.7. The molecule has 2 atom stereocenters. The maximum atomic E-state index is 11.4. The van der Waals surface area contributed by atoms with E-state index in [-0.39, 0.29) is 57.5 Å². The first-order valence-electron chi connectivity index (χ1n) is 12.0. The molecule has 0 saturated heterocycles. The van der Waals surface area contributed by atoms with Gasteiger partial charge in [-0.1, -0.05) is 110 Å². The third-order valence-corrected chi connectivity index (χ3v) is 7.03. The summed E-state index contributed by atoms with van der Waals surface area (Å²) in [5.41, 5.74) is 0. The average molecular weight is 459 g/mol. The molecule has 0 aromatic rings. The van der Waals surface area contributed by atoms with E-state index in [4.69, 9.17) is 0 Å². The number of aliphatic hydroxyl groups is 1. The third kappa shape index (κ3) is 22.5. The van der Waals surface area contributed by atoms with Crippen LogP contribution < -0.4 is 51.4 Å². The van der Waals surface area contributed by atoms with Crippen LogP contribution in [0, 0.1) is 0 Å². The van der Waals surface area contributed by atoms with Gasteiger partial charge in [-0.25, -0.2) is 8.42 Å². The molecule has 0 fully saturated rings. The predicted octanol–water partition coefficient (Wildman–Crippen LogP) is 3.72. The van der Waals surface area contributed by atoms with Crippen molar-refractivity contribution in [1.29, 1.82) is 0 Å². The van der Waals surface area contributed by atoms with E-state index in [0.717, 1.165) is 70.6 Å². The molecule has 0 aromatic heterocycles. The van der Waals surface area contributed by atoms with Crippen LogP contribution in [0.3, 0.4) is 0 Å². The number of rotatable bonds is 21. The van der Waals surface area contributed by atoms with Crippen molar-refractivity contribution in [2.24, 2.45) is 0 Å². The molecule has 0 amide bonds.